The van der Waals surface area contributed by atoms with Crippen molar-refractivity contribution in [2.24, 2.45) is 4.99 Å². The molecular formula is C19H15N3O6. The molecule has 0 aliphatic heterocycles. The zero-order valence-corrected chi connectivity index (χ0v) is 15.0. The van der Waals surface area contributed by atoms with Gasteiger partial charge in [-0.15, -0.1) is 0 Å². The highest BCUT2D eigenvalue weighted by molar-refractivity contribution is 6.05. The van der Waals surface area contributed by atoms with E-state index in [1.54, 1.807) is 24.3 Å². The van der Waals surface area contributed by atoms with Crippen molar-refractivity contribution >= 4 is 34.2 Å². The summed E-state index contributed by atoms with van der Waals surface area (Å²) in [5.41, 5.74) is 0.574. The summed E-state index contributed by atoms with van der Waals surface area (Å²) in [5, 5.41) is 13.5. The van der Waals surface area contributed by atoms with Crippen LogP contribution in [-0.4, -0.2) is 23.8 Å². The fourth-order valence-corrected chi connectivity index (χ4v) is 2.48. The highest BCUT2D eigenvalue weighted by atomic mass is 16.6. The van der Waals surface area contributed by atoms with Crippen molar-refractivity contribution in [3.8, 4) is 5.75 Å². The van der Waals surface area contributed by atoms with E-state index < -0.39 is 16.7 Å². The first-order chi connectivity index (χ1) is 13.4. The van der Waals surface area contributed by atoms with Gasteiger partial charge in [-0.05, 0) is 36.4 Å². The summed E-state index contributed by atoms with van der Waals surface area (Å²) in [6.07, 6.45) is 0. The van der Waals surface area contributed by atoms with Crippen LogP contribution in [0.15, 0.2) is 57.9 Å². The third-order valence-corrected chi connectivity index (χ3v) is 3.78. The number of methoxy groups -OCH3 is 1. The molecule has 28 heavy (non-hydrogen) atoms. The number of ether oxygens (including phenoxy) is 1. The number of carbonyl (C=O) groups excluding carboxylic acids is 2. The van der Waals surface area contributed by atoms with Crippen molar-refractivity contribution in [1.29, 1.82) is 0 Å². The van der Waals surface area contributed by atoms with Crippen molar-refractivity contribution in [3.05, 3.63) is 69.8 Å². The zero-order valence-electron chi connectivity index (χ0n) is 15.0. The molecule has 1 aromatic heterocycles. The Balaban J connectivity index is 2.21. The highest BCUT2D eigenvalue weighted by Crippen LogP contribution is 2.22. The molecule has 1 heterocycles. The maximum Gasteiger partial charge on any atom is 0.270 e. The molecule has 0 atom stereocenters. The second-order valence-corrected chi connectivity index (χ2v) is 5.76. The summed E-state index contributed by atoms with van der Waals surface area (Å²) in [6.45, 7) is 1.20. The van der Waals surface area contributed by atoms with Crippen LogP contribution in [-0.2, 0) is 4.79 Å². The molecule has 3 aromatic rings. The summed E-state index contributed by atoms with van der Waals surface area (Å²) in [4.78, 5) is 38.5. The topological polar surface area (TPSA) is 124 Å². The standard InChI is InChI=1S/C19H15N3O6/c1-11(23)20-18(24)16-10-12-9-14(22(25)26)5-8-17(12)28-19(16)21-13-3-6-15(27-2)7-4-13/h3-10H,1-2H3,(H,20,23,24). The van der Waals surface area contributed by atoms with E-state index in [0.29, 0.717) is 22.4 Å². The molecule has 142 valence electrons. The van der Waals surface area contributed by atoms with Gasteiger partial charge < -0.3 is 9.15 Å². The van der Waals surface area contributed by atoms with Gasteiger partial charge in [0.2, 0.25) is 11.5 Å². The van der Waals surface area contributed by atoms with E-state index in [1.165, 1.54) is 38.3 Å². The molecule has 3 rings (SSSR count). The fraction of sp³-hybridized carbons (Fsp3) is 0.105. The number of nitro groups is 1. The van der Waals surface area contributed by atoms with E-state index >= 15 is 0 Å². The van der Waals surface area contributed by atoms with Crippen LogP contribution in [0.2, 0.25) is 0 Å². The Bertz CT molecular complexity index is 1150. The minimum Gasteiger partial charge on any atom is -0.497 e. The Labute approximate surface area is 158 Å². The molecule has 0 aliphatic carbocycles. The van der Waals surface area contributed by atoms with Crippen molar-refractivity contribution in [1.82, 2.24) is 5.32 Å². The maximum absolute atomic E-state index is 12.4. The molecule has 2 aromatic carbocycles. The van der Waals surface area contributed by atoms with E-state index in [0.717, 1.165) is 0 Å². The number of rotatable bonds is 4. The van der Waals surface area contributed by atoms with E-state index in [9.17, 15) is 19.7 Å². The first-order valence-corrected chi connectivity index (χ1v) is 8.10. The van der Waals surface area contributed by atoms with Crippen molar-refractivity contribution in [2.75, 3.05) is 7.11 Å². The van der Waals surface area contributed by atoms with E-state index in [1.807, 2.05) is 0 Å². The third-order valence-electron chi connectivity index (χ3n) is 3.78. The van der Waals surface area contributed by atoms with Crippen LogP contribution in [0, 0.1) is 10.1 Å². The van der Waals surface area contributed by atoms with Gasteiger partial charge in [0.15, 0.2) is 0 Å². The lowest BCUT2D eigenvalue weighted by atomic mass is 10.1. The van der Waals surface area contributed by atoms with Crippen LogP contribution in [0.3, 0.4) is 0 Å². The molecule has 2 amide bonds. The monoisotopic (exact) mass is 381 g/mol. The van der Waals surface area contributed by atoms with Crippen LogP contribution in [0.1, 0.15) is 17.3 Å². The van der Waals surface area contributed by atoms with Crippen molar-refractivity contribution in [3.63, 3.8) is 0 Å². The van der Waals surface area contributed by atoms with Crippen LogP contribution in [0.5, 0.6) is 5.75 Å². The number of amides is 2. The van der Waals surface area contributed by atoms with Gasteiger partial charge >= 0.3 is 0 Å². The molecule has 0 bridgehead atoms. The third kappa shape index (κ3) is 4.04. The van der Waals surface area contributed by atoms with Crippen LogP contribution in [0.25, 0.3) is 11.0 Å². The van der Waals surface area contributed by atoms with Crippen LogP contribution < -0.4 is 15.6 Å². The number of imide groups is 1. The maximum atomic E-state index is 12.4. The molecule has 9 heteroatoms. The molecule has 0 radical (unpaired) electrons. The molecule has 0 fully saturated rings. The predicted octanol–water partition coefficient (Wildman–Crippen LogP) is 2.86. The van der Waals surface area contributed by atoms with Gasteiger partial charge in [0.05, 0.1) is 17.7 Å². The van der Waals surface area contributed by atoms with Gasteiger partial charge in [0.1, 0.15) is 16.9 Å². The second kappa shape index (κ2) is 7.70. The summed E-state index contributed by atoms with van der Waals surface area (Å²) in [6, 6.07) is 12.1. The molecule has 0 spiro atoms. The number of nitro benzene ring substituents is 1. The molecular weight excluding hydrogens is 366 g/mol. The number of hydrogen-bond acceptors (Lipinski definition) is 7. The Morgan fingerprint density at radius 2 is 1.86 bits per heavy atom. The number of fused-ring (bicyclic) bond motifs is 1. The number of non-ortho nitro benzene ring substituents is 1. The van der Waals surface area contributed by atoms with Gasteiger partial charge in [-0.3, -0.25) is 25.0 Å². The predicted molar refractivity (Wildman–Crippen MR) is 99.2 cm³/mol. The molecule has 1 N–H and O–H groups in total. The summed E-state index contributed by atoms with van der Waals surface area (Å²) in [5.74, 6) is -0.646. The number of hydrogen-bond donors (Lipinski definition) is 1. The van der Waals surface area contributed by atoms with Crippen molar-refractivity contribution in [2.45, 2.75) is 6.92 Å². The lowest BCUT2D eigenvalue weighted by Crippen LogP contribution is -2.32. The number of nitrogens with one attached hydrogen (secondary N) is 1. The lowest BCUT2D eigenvalue weighted by molar-refractivity contribution is -0.384. The summed E-state index contributed by atoms with van der Waals surface area (Å²) < 4.78 is 10.8. The lowest BCUT2D eigenvalue weighted by Gasteiger charge is -2.05. The normalized spacial score (nSPS) is 11.3. The van der Waals surface area contributed by atoms with Gasteiger partial charge in [-0.1, -0.05) is 0 Å². The molecule has 0 unspecified atom stereocenters. The smallest absolute Gasteiger partial charge is 0.270 e. The van der Waals surface area contributed by atoms with Crippen LogP contribution >= 0.6 is 0 Å². The van der Waals surface area contributed by atoms with Crippen molar-refractivity contribution < 1.29 is 23.7 Å². The zero-order chi connectivity index (χ0) is 20.3. The SMILES string of the molecule is COc1ccc(N=c2oc3ccc([N+](=O)[O-])cc3cc2C(=O)NC(C)=O)cc1. The molecule has 9 nitrogen and oxygen atoms in total. The van der Waals surface area contributed by atoms with Gasteiger partial charge in [-0.2, -0.15) is 0 Å². The first kappa shape index (κ1) is 18.8. The minimum atomic E-state index is -0.725. The quantitative estimate of drug-likeness (QED) is 0.547. The molecule has 0 saturated carbocycles. The van der Waals surface area contributed by atoms with E-state index in [2.05, 4.69) is 10.3 Å². The van der Waals surface area contributed by atoms with Crippen LogP contribution in [0.4, 0.5) is 11.4 Å². The Morgan fingerprint density at radius 3 is 2.46 bits per heavy atom. The Hall–Kier alpha value is -4.01. The summed E-state index contributed by atoms with van der Waals surface area (Å²) in [7, 11) is 1.54. The average Bonchev–Trinajstić information content (AvgIpc) is 2.67. The molecule has 0 saturated heterocycles. The Kier molecular flexibility index (Phi) is 5.16. The van der Waals surface area contributed by atoms with E-state index in [-0.39, 0.29) is 16.8 Å². The largest absolute Gasteiger partial charge is 0.497 e. The average molecular weight is 381 g/mol. The minimum absolute atomic E-state index is 0.0287. The molecule has 0 aliphatic rings. The van der Waals surface area contributed by atoms with Gasteiger partial charge in [0, 0.05) is 24.4 Å². The van der Waals surface area contributed by atoms with Gasteiger partial charge in [-0.25, -0.2) is 4.99 Å². The fourth-order valence-electron chi connectivity index (χ4n) is 2.48. The Morgan fingerprint density at radius 1 is 1.14 bits per heavy atom. The van der Waals surface area contributed by atoms with E-state index in [4.69, 9.17) is 9.15 Å². The summed E-state index contributed by atoms with van der Waals surface area (Å²) >= 11 is 0. The van der Waals surface area contributed by atoms with Gasteiger partial charge in [0.25, 0.3) is 11.6 Å². The number of nitrogens with zero attached hydrogens (tertiary/aromatic N) is 2. The first-order valence-electron chi connectivity index (χ1n) is 8.10. The highest BCUT2D eigenvalue weighted by Gasteiger charge is 2.16. The number of benzene rings is 2. The number of carbonyl (C=O) groups is 2. The second-order valence-electron chi connectivity index (χ2n) is 5.76.